The van der Waals surface area contributed by atoms with Gasteiger partial charge in [0.2, 0.25) is 5.91 Å². The molecule has 7 heteroatoms. The number of carbonyl (C=O) groups excluding carboxylic acids is 1. The Morgan fingerprint density at radius 2 is 2.17 bits per heavy atom. The van der Waals surface area contributed by atoms with Gasteiger partial charge < -0.3 is 9.47 Å². The predicted octanol–water partition coefficient (Wildman–Crippen LogP) is 4.59. The Balaban J connectivity index is 1.66. The third kappa shape index (κ3) is 2.63. The summed E-state index contributed by atoms with van der Waals surface area (Å²) in [6.07, 6.45) is 4.98. The molecule has 2 aromatic heterocycles. The van der Waals surface area contributed by atoms with Crippen LogP contribution in [0.5, 0.6) is 0 Å². The minimum atomic E-state index is -0.0766. The number of benzene rings is 2. The molecule has 0 aliphatic carbocycles. The quantitative estimate of drug-likeness (QED) is 0.497. The minimum Gasteiger partial charge on any atom is -0.339 e. The summed E-state index contributed by atoms with van der Waals surface area (Å²) in [4.78, 5) is 13.5. The van der Waals surface area contributed by atoms with Gasteiger partial charge in [-0.3, -0.25) is 9.89 Å². The average Bonchev–Trinajstić information content (AvgIpc) is 3.31. The molecule has 1 aliphatic rings. The lowest BCUT2D eigenvalue weighted by Crippen LogP contribution is -2.49. The van der Waals surface area contributed by atoms with Crippen molar-refractivity contribution in [2.45, 2.75) is 13.0 Å². The number of nitrogens with one attached hydrogen (secondary N) is 1. The molecule has 0 bridgehead atoms. The number of hydrogen-bond donors (Lipinski definition) is 1. The van der Waals surface area contributed by atoms with Crippen LogP contribution >= 0.6 is 11.6 Å². The first-order valence-electron chi connectivity index (χ1n) is 9.60. The van der Waals surface area contributed by atoms with Gasteiger partial charge in [0.1, 0.15) is 6.07 Å². The molecule has 6 nitrogen and oxygen atoms in total. The number of rotatable bonds is 3. The summed E-state index contributed by atoms with van der Waals surface area (Å²) in [5.74, 6) is -0.0766. The Morgan fingerprint density at radius 1 is 1.37 bits per heavy atom. The highest BCUT2D eigenvalue weighted by Crippen LogP contribution is 2.40. The van der Waals surface area contributed by atoms with Crippen molar-refractivity contribution < 1.29 is 4.79 Å². The Hall–Kier alpha value is -3.56. The van der Waals surface area contributed by atoms with Crippen LogP contribution in [0.25, 0.3) is 32.9 Å². The zero-order valence-electron chi connectivity index (χ0n) is 16.3. The van der Waals surface area contributed by atoms with Gasteiger partial charge in [-0.05, 0) is 42.3 Å². The van der Waals surface area contributed by atoms with E-state index in [0.717, 1.165) is 38.5 Å². The maximum atomic E-state index is 11.8. The van der Waals surface area contributed by atoms with Crippen molar-refractivity contribution in [1.82, 2.24) is 19.7 Å². The van der Waals surface area contributed by atoms with Crippen LogP contribution in [-0.2, 0) is 4.79 Å². The highest BCUT2D eigenvalue weighted by molar-refractivity contribution is 6.34. The minimum absolute atomic E-state index is 0.0766. The number of carbonyl (C=O) groups is 1. The second kappa shape index (κ2) is 6.75. The normalized spacial score (nSPS) is 14.1. The van der Waals surface area contributed by atoms with E-state index in [1.807, 2.05) is 37.4 Å². The van der Waals surface area contributed by atoms with Crippen LogP contribution in [0.1, 0.15) is 17.2 Å². The first-order valence-corrected chi connectivity index (χ1v) is 9.98. The second-order valence-corrected chi connectivity index (χ2v) is 8.01. The summed E-state index contributed by atoms with van der Waals surface area (Å²) in [7, 11) is 0. The third-order valence-electron chi connectivity index (χ3n) is 5.89. The fourth-order valence-corrected chi connectivity index (χ4v) is 4.53. The van der Waals surface area contributed by atoms with Crippen LogP contribution in [0.3, 0.4) is 0 Å². The SMILES string of the molecule is C=CC(=O)N1CC(n2cc(C#N)c3cc(-c4c(C)ccc5[nH]ncc45)c(Cl)cc32)C1. The molecular formula is C23H18ClN5O. The van der Waals surface area contributed by atoms with Gasteiger partial charge in [0, 0.05) is 35.6 Å². The van der Waals surface area contributed by atoms with Crippen LogP contribution in [0.2, 0.25) is 5.02 Å². The molecule has 3 heterocycles. The molecule has 0 spiro atoms. The number of aryl methyl sites for hydroxylation is 1. The third-order valence-corrected chi connectivity index (χ3v) is 6.20. The van der Waals surface area contributed by atoms with Crippen LogP contribution in [0, 0.1) is 18.3 Å². The molecule has 30 heavy (non-hydrogen) atoms. The average molecular weight is 416 g/mol. The number of halogens is 1. The molecular weight excluding hydrogens is 398 g/mol. The van der Waals surface area contributed by atoms with E-state index >= 15 is 0 Å². The first-order chi connectivity index (χ1) is 14.5. The van der Waals surface area contributed by atoms with Crippen molar-refractivity contribution in [2.24, 2.45) is 0 Å². The van der Waals surface area contributed by atoms with E-state index in [-0.39, 0.29) is 11.9 Å². The monoisotopic (exact) mass is 415 g/mol. The maximum Gasteiger partial charge on any atom is 0.246 e. The lowest BCUT2D eigenvalue weighted by atomic mass is 9.95. The van der Waals surface area contributed by atoms with Crippen LogP contribution in [-0.4, -0.2) is 38.7 Å². The van der Waals surface area contributed by atoms with Crippen LogP contribution < -0.4 is 0 Å². The van der Waals surface area contributed by atoms with Crippen molar-refractivity contribution in [2.75, 3.05) is 13.1 Å². The van der Waals surface area contributed by atoms with Gasteiger partial charge in [-0.2, -0.15) is 10.4 Å². The molecule has 1 saturated heterocycles. The molecule has 1 aliphatic heterocycles. The number of aromatic amines is 1. The molecule has 0 unspecified atom stereocenters. The standard InChI is InChI=1S/C23H18ClN5O/c1-3-22(30)28-11-15(12-28)29-10-14(8-25)16-6-17(19(24)7-21(16)29)23-13(2)4-5-20-18(23)9-26-27-20/h3-7,9-10,15H,1,11-12H2,2H3,(H,26,27). The number of aromatic nitrogens is 3. The summed E-state index contributed by atoms with van der Waals surface area (Å²) >= 11 is 6.76. The summed E-state index contributed by atoms with van der Waals surface area (Å²) in [5.41, 5.74) is 5.39. The van der Waals surface area contributed by atoms with Crippen molar-refractivity contribution in [3.8, 4) is 17.2 Å². The van der Waals surface area contributed by atoms with Crippen molar-refractivity contribution in [3.05, 3.63) is 65.5 Å². The summed E-state index contributed by atoms with van der Waals surface area (Å²) < 4.78 is 2.06. The number of hydrogen-bond acceptors (Lipinski definition) is 3. The van der Waals surface area contributed by atoms with E-state index in [4.69, 9.17) is 11.6 Å². The van der Waals surface area contributed by atoms with Gasteiger partial charge in [-0.25, -0.2) is 0 Å². The van der Waals surface area contributed by atoms with Crippen LogP contribution in [0.15, 0.2) is 49.3 Å². The molecule has 0 saturated carbocycles. The Morgan fingerprint density at radius 3 is 2.90 bits per heavy atom. The summed E-state index contributed by atoms with van der Waals surface area (Å²) in [5, 5.41) is 19.4. The number of likely N-dealkylation sites (tertiary alicyclic amines) is 1. The zero-order chi connectivity index (χ0) is 21.0. The molecule has 2 aromatic carbocycles. The fraction of sp³-hybridized carbons (Fsp3) is 0.174. The number of nitrogens with zero attached hydrogens (tertiary/aromatic N) is 4. The van der Waals surface area contributed by atoms with E-state index in [2.05, 4.69) is 27.4 Å². The number of H-pyrrole nitrogens is 1. The number of nitriles is 1. The molecule has 148 valence electrons. The smallest absolute Gasteiger partial charge is 0.246 e. The largest absolute Gasteiger partial charge is 0.339 e. The van der Waals surface area contributed by atoms with E-state index in [1.165, 1.54) is 6.08 Å². The van der Waals surface area contributed by atoms with Gasteiger partial charge in [-0.1, -0.05) is 24.2 Å². The van der Waals surface area contributed by atoms with Crippen LogP contribution in [0.4, 0.5) is 0 Å². The molecule has 1 amide bonds. The van der Waals surface area contributed by atoms with Gasteiger partial charge in [0.15, 0.2) is 0 Å². The topological polar surface area (TPSA) is 77.7 Å². The lowest BCUT2D eigenvalue weighted by Gasteiger charge is -2.39. The number of fused-ring (bicyclic) bond motifs is 2. The molecule has 1 fully saturated rings. The summed E-state index contributed by atoms with van der Waals surface area (Å²) in [6, 6.07) is 10.4. The molecule has 0 radical (unpaired) electrons. The fourth-order valence-electron chi connectivity index (χ4n) is 4.28. The lowest BCUT2D eigenvalue weighted by molar-refractivity contribution is -0.131. The van der Waals surface area contributed by atoms with Gasteiger partial charge in [-0.15, -0.1) is 0 Å². The zero-order valence-corrected chi connectivity index (χ0v) is 17.1. The molecule has 1 N–H and O–H groups in total. The second-order valence-electron chi connectivity index (χ2n) is 7.60. The van der Waals surface area contributed by atoms with E-state index < -0.39 is 0 Å². The van der Waals surface area contributed by atoms with Crippen molar-refractivity contribution in [3.63, 3.8) is 0 Å². The van der Waals surface area contributed by atoms with Crippen molar-refractivity contribution in [1.29, 1.82) is 5.26 Å². The molecule has 0 atom stereocenters. The van der Waals surface area contributed by atoms with Crippen molar-refractivity contribution >= 4 is 39.3 Å². The van der Waals surface area contributed by atoms with E-state index in [1.54, 1.807) is 11.1 Å². The van der Waals surface area contributed by atoms with Gasteiger partial charge in [0.25, 0.3) is 0 Å². The first kappa shape index (κ1) is 18.5. The van der Waals surface area contributed by atoms with Gasteiger partial charge in [0.05, 0.1) is 33.9 Å². The highest BCUT2D eigenvalue weighted by Gasteiger charge is 2.32. The van der Waals surface area contributed by atoms with E-state index in [9.17, 15) is 10.1 Å². The Kier molecular flexibility index (Phi) is 4.16. The highest BCUT2D eigenvalue weighted by atomic mass is 35.5. The molecule has 4 aromatic rings. The van der Waals surface area contributed by atoms with Gasteiger partial charge >= 0.3 is 0 Å². The Bertz CT molecular complexity index is 1380. The molecule has 5 rings (SSSR count). The predicted molar refractivity (Wildman–Crippen MR) is 117 cm³/mol. The maximum absolute atomic E-state index is 11.8. The number of amides is 1. The Labute approximate surface area is 178 Å². The van der Waals surface area contributed by atoms with E-state index in [0.29, 0.717) is 23.7 Å². The summed E-state index contributed by atoms with van der Waals surface area (Å²) in [6.45, 7) is 6.76.